The Bertz CT molecular complexity index is 543. The molecule has 0 spiro atoms. The van der Waals surface area contributed by atoms with Crippen LogP contribution in [0.5, 0.6) is 0 Å². The molecule has 84 valence electrons. The van der Waals surface area contributed by atoms with E-state index in [2.05, 4.69) is 4.98 Å². The van der Waals surface area contributed by atoms with Crippen molar-refractivity contribution in [1.29, 1.82) is 0 Å². The Morgan fingerprint density at radius 1 is 1.31 bits per heavy atom. The molecule has 0 fully saturated rings. The fraction of sp³-hybridized carbons (Fsp3) is 0.250. The lowest BCUT2D eigenvalue weighted by Gasteiger charge is -2.03. The van der Waals surface area contributed by atoms with Crippen LogP contribution in [0, 0.1) is 13.8 Å². The topological polar surface area (TPSA) is 43.8 Å². The Morgan fingerprint density at radius 2 is 2.00 bits per heavy atom. The van der Waals surface area contributed by atoms with Crippen molar-refractivity contribution in [3.63, 3.8) is 0 Å². The van der Waals surface area contributed by atoms with Crippen LogP contribution in [0.15, 0.2) is 18.2 Å². The van der Waals surface area contributed by atoms with Crippen molar-refractivity contribution >= 4 is 17.4 Å². The van der Waals surface area contributed by atoms with Gasteiger partial charge < -0.3 is 10.3 Å². The molecule has 1 aromatic heterocycles. The van der Waals surface area contributed by atoms with Gasteiger partial charge in [-0.15, -0.1) is 0 Å². The lowest BCUT2D eigenvalue weighted by atomic mass is 10.1. The Morgan fingerprint density at radius 3 is 2.50 bits per heavy atom. The number of halogens is 1. The van der Waals surface area contributed by atoms with Crippen LogP contribution in [0.3, 0.4) is 0 Å². The molecule has 0 bridgehead atoms. The minimum atomic E-state index is 0.664. The van der Waals surface area contributed by atoms with Crippen LogP contribution in [0.1, 0.15) is 11.4 Å². The van der Waals surface area contributed by atoms with Gasteiger partial charge in [0.1, 0.15) is 17.3 Å². The van der Waals surface area contributed by atoms with Gasteiger partial charge in [-0.25, -0.2) is 4.98 Å². The molecule has 3 nitrogen and oxygen atoms in total. The number of aromatic nitrogens is 2. The van der Waals surface area contributed by atoms with Gasteiger partial charge >= 0.3 is 0 Å². The van der Waals surface area contributed by atoms with Gasteiger partial charge in [0.2, 0.25) is 0 Å². The van der Waals surface area contributed by atoms with Gasteiger partial charge in [0.05, 0.1) is 0 Å². The standard InChI is InChI=1S/C12H14ClN3/c1-7-4-5-9(6-10(7)13)11-12(14)16(3)8(2)15-11/h4-6H,14H2,1-3H3. The smallest absolute Gasteiger partial charge is 0.131 e. The fourth-order valence-corrected chi connectivity index (χ4v) is 1.76. The van der Waals surface area contributed by atoms with E-state index in [1.807, 2.05) is 43.7 Å². The summed E-state index contributed by atoms with van der Waals surface area (Å²) in [7, 11) is 1.90. The number of aryl methyl sites for hydroxylation is 2. The second-order valence-corrected chi connectivity index (χ2v) is 4.32. The summed E-state index contributed by atoms with van der Waals surface area (Å²) in [6.45, 7) is 3.90. The van der Waals surface area contributed by atoms with Crippen LogP contribution in [0.4, 0.5) is 5.82 Å². The maximum atomic E-state index is 6.09. The van der Waals surface area contributed by atoms with Crippen molar-refractivity contribution in [3.8, 4) is 11.3 Å². The maximum absolute atomic E-state index is 6.09. The van der Waals surface area contributed by atoms with Gasteiger partial charge in [-0.1, -0.05) is 23.7 Å². The summed E-state index contributed by atoms with van der Waals surface area (Å²) in [5.41, 5.74) is 8.78. The first-order valence-electron chi connectivity index (χ1n) is 5.06. The summed E-state index contributed by atoms with van der Waals surface area (Å²) < 4.78 is 1.86. The summed E-state index contributed by atoms with van der Waals surface area (Å²) >= 11 is 6.09. The lowest BCUT2D eigenvalue weighted by Crippen LogP contribution is -1.98. The molecule has 4 heteroatoms. The molecule has 0 atom stereocenters. The molecule has 0 aliphatic rings. The molecule has 0 amide bonds. The zero-order chi connectivity index (χ0) is 11.9. The predicted octanol–water partition coefficient (Wildman–Crippen LogP) is 2.94. The number of nitrogens with zero attached hydrogens (tertiary/aromatic N) is 2. The molecule has 2 aromatic rings. The first-order chi connectivity index (χ1) is 7.50. The number of nitrogen functional groups attached to an aromatic ring is 1. The average Bonchev–Trinajstić information content (AvgIpc) is 2.50. The van der Waals surface area contributed by atoms with Gasteiger partial charge in [0.25, 0.3) is 0 Å². The highest BCUT2D eigenvalue weighted by Crippen LogP contribution is 2.28. The Labute approximate surface area is 99.9 Å². The van der Waals surface area contributed by atoms with Gasteiger partial charge in [-0.3, -0.25) is 0 Å². The normalized spacial score (nSPS) is 10.8. The second-order valence-electron chi connectivity index (χ2n) is 3.92. The third kappa shape index (κ3) is 1.67. The second kappa shape index (κ2) is 3.83. The highest BCUT2D eigenvalue weighted by Gasteiger charge is 2.11. The number of nitrogens with two attached hydrogens (primary N) is 1. The van der Waals surface area contributed by atoms with Gasteiger partial charge in [0.15, 0.2) is 0 Å². The van der Waals surface area contributed by atoms with Crippen LogP contribution in [-0.4, -0.2) is 9.55 Å². The first-order valence-corrected chi connectivity index (χ1v) is 5.44. The van der Waals surface area contributed by atoms with E-state index in [-0.39, 0.29) is 0 Å². The number of hydrogen-bond acceptors (Lipinski definition) is 2. The Kier molecular flexibility index (Phi) is 2.64. The third-order valence-corrected chi connectivity index (χ3v) is 3.22. The Balaban J connectivity index is 2.59. The molecule has 0 saturated heterocycles. The van der Waals surface area contributed by atoms with E-state index < -0.39 is 0 Å². The van der Waals surface area contributed by atoms with E-state index in [4.69, 9.17) is 17.3 Å². The van der Waals surface area contributed by atoms with E-state index in [9.17, 15) is 0 Å². The van der Waals surface area contributed by atoms with Gasteiger partial charge in [0, 0.05) is 17.6 Å². The monoisotopic (exact) mass is 235 g/mol. The van der Waals surface area contributed by atoms with Crippen molar-refractivity contribution in [3.05, 3.63) is 34.6 Å². The van der Waals surface area contributed by atoms with Crippen molar-refractivity contribution < 1.29 is 0 Å². The first kappa shape index (κ1) is 11.0. The predicted molar refractivity (Wildman–Crippen MR) is 67.5 cm³/mol. The summed E-state index contributed by atoms with van der Waals surface area (Å²) in [6, 6.07) is 5.86. The molecule has 1 aromatic carbocycles. The minimum Gasteiger partial charge on any atom is -0.383 e. The lowest BCUT2D eigenvalue weighted by molar-refractivity contribution is 0.868. The summed E-state index contributed by atoms with van der Waals surface area (Å²) in [6.07, 6.45) is 0. The zero-order valence-corrected chi connectivity index (χ0v) is 10.3. The number of rotatable bonds is 1. The van der Waals surface area contributed by atoms with E-state index in [1.165, 1.54) is 0 Å². The molecule has 2 rings (SSSR count). The van der Waals surface area contributed by atoms with Crippen LogP contribution in [0.2, 0.25) is 5.02 Å². The molecule has 0 radical (unpaired) electrons. The number of benzene rings is 1. The number of hydrogen-bond donors (Lipinski definition) is 1. The minimum absolute atomic E-state index is 0.664. The van der Waals surface area contributed by atoms with E-state index in [0.717, 1.165) is 27.7 Å². The molecular formula is C12H14ClN3. The van der Waals surface area contributed by atoms with Crippen molar-refractivity contribution in [1.82, 2.24) is 9.55 Å². The molecule has 0 aliphatic heterocycles. The molecule has 0 unspecified atom stereocenters. The van der Waals surface area contributed by atoms with Crippen LogP contribution >= 0.6 is 11.6 Å². The molecule has 0 aliphatic carbocycles. The molecular weight excluding hydrogens is 222 g/mol. The van der Waals surface area contributed by atoms with Crippen molar-refractivity contribution in [2.24, 2.45) is 7.05 Å². The highest BCUT2D eigenvalue weighted by molar-refractivity contribution is 6.31. The summed E-state index contributed by atoms with van der Waals surface area (Å²) in [5.74, 6) is 1.56. The number of imidazole rings is 1. The molecule has 1 heterocycles. The van der Waals surface area contributed by atoms with Crippen LogP contribution < -0.4 is 5.73 Å². The van der Waals surface area contributed by atoms with E-state index in [1.54, 1.807) is 0 Å². The van der Waals surface area contributed by atoms with Crippen molar-refractivity contribution in [2.75, 3.05) is 5.73 Å². The average molecular weight is 236 g/mol. The Hall–Kier alpha value is -1.48. The van der Waals surface area contributed by atoms with Crippen LogP contribution in [0.25, 0.3) is 11.3 Å². The van der Waals surface area contributed by atoms with E-state index >= 15 is 0 Å². The zero-order valence-electron chi connectivity index (χ0n) is 9.58. The van der Waals surface area contributed by atoms with Gasteiger partial charge in [-0.05, 0) is 25.5 Å². The van der Waals surface area contributed by atoms with Gasteiger partial charge in [-0.2, -0.15) is 0 Å². The third-order valence-electron chi connectivity index (χ3n) is 2.81. The SMILES string of the molecule is Cc1ccc(-c2nc(C)n(C)c2N)cc1Cl. The van der Waals surface area contributed by atoms with Crippen molar-refractivity contribution in [2.45, 2.75) is 13.8 Å². The molecule has 16 heavy (non-hydrogen) atoms. The molecule has 2 N–H and O–H groups in total. The summed E-state index contributed by atoms with van der Waals surface area (Å²) in [5, 5.41) is 0.736. The summed E-state index contributed by atoms with van der Waals surface area (Å²) in [4.78, 5) is 4.43. The quantitative estimate of drug-likeness (QED) is 0.826. The maximum Gasteiger partial charge on any atom is 0.131 e. The highest BCUT2D eigenvalue weighted by atomic mass is 35.5. The molecule has 0 saturated carbocycles. The van der Waals surface area contributed by atoms with E-state index in [0.29, 0.717) is 5.82 Å². The van der Waals surface area contributed by atoms with Crippen LogP contribution in [-0.2, 0) is 7.05 Å². The largest absolute Gasteiger partial charge is 0.383 e. The number of anilines is 1. The fourth-order valence-electron chi connectivity index (χ4n) is 1.58.